The van der Waals surface area contributed by atoms with Crippen LogP contribution in [0.1, 0.15) is 24.8 Å². The average Bonchev–Trinajstić information content (AvgIpc) is 2.77. The van der Waals surface area contributed by atoms with Gasteiger partial charge in [-0.05, 0) is 51.4 Å². The van der Waals surface area contributed by atoms with Gasteiger partial charge in [-0.1, -0.05) is 17.7 Å². The molecular formula is C17H23N3O3. The summed E-state index contributed by atoms with van der Waals surface area (Å²) in [5.74, 6) is 0.724. The number of ether oxygens (including phenoxy) is 1. The highest BCUT2D eigenvalue weighted by atomic mass is 16.5. The standard InChI is InChI=1S/C17H23N3O3/c1-13-3-5-14(6-4-13)23-12-2-11-20-15(21)17(19-16(20)22)7-9-18-10-8-17/h3-6,18H,2,7-12H2,1H3,(H,19,22). The fourth-order valence-electron chi connectivity index (χ4n) is 3.12. The highest BCUT2D eigenvalue weighted by Gasteiger charge is 2.50. The second-order valence-corrected chi connectivity index (χ2v) is 6.23. The topological polar surface area (TPSA) is 70.7 Å². The number of aryl methyl sites for hydroxylation is 1. The molecule has 3 rings (SSSR count). The predicted octanol–water partition coefficient (Wildman–Crippen LogP) is 1.44. The number of amides is 3. The zero-order chi connectivity index (χ0) is 16.3. The fraction of sp³-hybridized carbons (Fsp3) is 0.529. The molecule has 6 nitrogen and oxygen atoms in total. The van der Waals surface area contributed by atoms with E-state index in [0.717, 1.165) is 18.8 Å². The summed E-state index contributed by atoms with van der Waals surface area (Å²) in [4.78, 5) is 26.0. The Bertz CT molecular complexity index is 579. The number of hydrogen-bond donors (Lipinski definition) is 2. The zero-order valence-electron chi connectivity index (χ0n) is 13.4. The van der Waals surface area contributed by atoms with Gasteiger partial charge in [-0.15, -0.1) is 0 Å². The van der Waals surface area contributed by atoms with Crippen molar-refractivity contribution in [2.75, 3.05) is 26.2 Å². The Hall–Kier alpha value is -2.08. The molecular weight excluding hydrogens is 294 g/mol. The Kier molecular flexibility index (Phi) is 4.52. The maximum Gasteiger partial charge on any atom is 0.325 e. The molecule has 0 saturated carbocycles. The summed E-state index contributed by atoms with van der Waals surface area (Å²) in [6.07, 6.45) is 1.95. The number of nitrogens with zero attached hydrogens (tertiary/aromatic N) is 1. The van der Waals surface area contributed by atoms with E-state index in [1.54, 1.807) is 0 Å². The van der Waals surface area contributed by atoms with Crippen LogP contribution in [-0.2, 0) is 4.79 Å². The number of urea groups is 1. The van der Waals surface area contributed by atoms with Crippen molar-refractivity contribution in [3.63, 3.8) is 0 Å². The number of imide groups is 1. The maximum atomic E-state index is 12.6. The number of nitrogens with one attached hydrogen (secondary N) is 2. The summed E-state index contributed by atoms with van der Waals surface area (Å²) in [6.45, 7) is 4.42. The van der Waals surface area contributed by atoms with Crippen molar-refractivity contribution in [3.8, 4) is 5.75 Å². The third-order valence-electron chi connectivity index (χ3n) is 4.52. The first kappa shape index (κ1) is 15.8. The highest BCUT2D eigenvalue weighted by molar-refractivity contribution is 6.07. The molecule has 2 aliphatic heterocycles. The fourth-order valence-corrected chi connectivity index (χ4v) is 3.12. The lowest BCUT2D eigenvalue weighted by molar-refractivity contribution is -0.132. The molecule has 1 aromatic rings. The number of piperidine rings is 1. The van der Waals surface area contributed by atoms with Crippen LogP contribution in [0.5, 0.6) is 5.75 Å². The third kappa shape index (κ3) is 3.32. The largest absolute Gasteiger partial charge is 0.494 e. The quantitative estimate of drug-likeness (QED) is 0.637. The van der Waals surface area contributed by atoms with Gasteiger partial charge >= 0.3 is 6.03 Å². The van der Waals surface area contributed by atoms with E-state index in [2.05, 4.69) is 10.6 Å². The van der Waals surface area contributed by atoms with Crippen molar-refractivity contribution in [1.29, 1.82) is 0 Å². The van der Waals surface area contributed by atoms with Gasteiger partial charge in [0.2, 0.25) is 0 Å². The third-order valence-corrected chi connectivity index (χ3v) is 4.52. The number of carbonyl (C=O) groups excluding carboxylic acids is 2. The normalized spacial score (nSPS) is 20.0. The minimum absolute atomic E-state index is 0.0839. The molecule has 1 aromatic carbocycles. The second kappa shape index (κ2) is 6.58. The van der Waals surface area contributed by atoms with Crippen LogP contribution in [0.3, 0.4) is 0 Å². The van der Waals surface area contributed by atoms with Crippen LogP contribution in [0, 0.1) is 6.92 Å². The minimum Gasteiger partial charge on any atom is -0.494 e. The summed E-state index contributed by atoms with van der Waals surface area (Å²) >= 11 is 0. The maximum absolute atomic E-state index is 12.6. The number of hydrogen-bond acceptors (Lipinski definition) is 4. The first-order chi connectivity index (χ1) is 11.1. The van der Waals surface area contributed by atoms with Crippen LogP contribution in [-0.4, -0.2) is 48.6 Å². The Morgan fingerprint density at radius 3 is 2.57 bits per heavy atom. The van der Waals surface area contributed by atoms with Crippen LogP contribution in [0.25, 0.3) is 0 Å². The second-order valence-electron chi connectivity index (χ2n) is 6.23. The summed E-state index contributed by atoms with van der Waals surface area (Å²) in [7, 11) is 0. The Morgan fingerprint density at radius 1 is 1.17 bits per heavy atom. The Balaban J connectivity index is 1.49. The summed E-state index contributed by atoms with van der Waals surface area (Å²) in [5, 5.41) is 6.11. The SMILES string of the molecule is Cc1ccc(OCCCN2C(=O)NC3(CCNCC3)C2=O)cc1. The molecule has 0 unspecified atom stereocenters. The summed E-state index contributed by atoms with van der Waals surface area (Å²) in [5.41, 5.74) is 0.504. The van der Waals surface area contributed by atoms with E-state index >= 15 is 0 Å². The molecule has 2 saturated heterocycles. The number of carbonyl (C=O) groups is 2. The van der Waals surface area contributed by atoms with Crippen molar-refractivity contribution < 1.29 is 14.3 Å². The average molecular weight is 317 g/mol. The minimum atomic E-state index is -0.680. The van der Waals surface area contributed by atoms with Crippen molar-refractivity contribution in [2.24, 2.45) is 0 Å². The van der Waals surface area contributed by atoms with E-state index in [0.29, 0.717) is 32.4 Å². The lowest BCUT2D eigenvalue weighted by atomic mass is 9.88. The van der Waals surface area contributed by atoms with Crippen LogP contribution in [0.15, 0.2) is 24.3 Å². The Morgan fingerprint density at radius 2 is 1.87 bits per heavy atom. The molecule has 2 fully saturated rings. The molecule has 0 radical (unpaired) electrons. The molecule has 124 valence electrons. The van der Waals surface area contributed by atoms with Gasteiger partial charge in [0.05, 0.1) is 6.61 Å². The molecule has 6 heteroatoms. The molecule has 0 bridgehead atoms. The molecule has 3 amide bonds. The predicted molar refractivity (Wildman–Crippen MR) is 86.4 cm³/mol. The molecule has 2 heterocycles. The molecule has 2 aliphatic rings. The number of rotatable bonds is 5. The molecule has 1 spiro atoms. The lowest BCUT2D eigenvalue weighted by Gasteiger charge is -2.31. The van der Waals surface area contributed by atoms with E-state index in [-0.39, 0.29) is 11.9 Å². The summed E-state index contributed by atoms with van der Waals surface area (Å²) in [6, 6.07) is 7.56. The summed E-state index contributed by atoms with van der Waals surface area (Å²) < 4.78 is 5.65. The van der Waals surface area contributed by atoms with E-state index in [9.17, 15) is 9.59 Å². The van der Waals surface area contributed by atoms with E-state index < -0.39 is 5.54 Å². The van der Waals surface area contributed by atoms with Gasteiger partial charge in [0.25, 0.3) is 5.91 Å². The van der Waals surface area contributed by atoms with Crippen molar-refractivity contribution in [3.05, 3.63) is 29.8 Å². The van der Waals surface area contributed by atoms with E-state index in [1.165, 1.54) is 10.5 Å². The van der Waals surface area contributed by atoms with Crippen LogP contribution >= 0.6 is 0 Å². The molecule has 2 N–H and O–H groups in total. The van der Waals surface area contributed by atoms with Gasteiger partial charge < -0.3 is 15.4 Å². The zero-order valence-corrected chi connectivity index (χ0v) is 13.4. The van der Waals surface area contributed by atoms with Gasteiger partial charge in [0.1, 0.15) is 11.3 Å². The molecule has 0 aliphatic carbocycles. The first-order valence-corrected chi connectivity index (χ1v) is 8.15. The first-order valence-electron chi connectivity index (χ1n) is 8.15. The van der Waals surface area contributed by atoms with Gasteiger partial charge in [0.15, 0.2) is 0 Å². The van der Waals surface area contributed by atoms with Crippen molar-refractivity contribution >= 4 is 11.9 Å². The smallest absolute Gasteiger partial charge is 0.325 e. The molecule has 0 aromatic heterocycles. The van der Waals surface area contributed by atoms with Gasteiger partial charge in [-0.25, -0.2) is 4.79 Å². The van der Waals surface area contributed by atoms with Gasteiger partial charge in [-0.3, -0.25) is 9.69 Å². The van der Waals surface area contributed by atoms with Crippen molar-refractivity contribution in [1.82, 2.24) is 15.5 Å². The van der Waals surface area contributed by atoms with Crippen LogP contribution < -0.4 is 15.4 Å². The monoisotopic (exact) mass is 317 g/mol. The van der Waals surface area contributed by atoms with Gasteiger partial charge in [-0.2, -0.15) is 0 Å². The van der Waals surface area contributed by atoms with Crippen molar-refractivity contribution in [2.45, 2.75) is 31.7 Å². The van der Waals surface area contributed by atoms with Crippen LogP contribution in [0.4, 0.5) is 4.79 Å². The Labute approximate surface area is 136 Å². The highest BCUT2D eigenvalue weighted by Crippen LogP contribution is 2.26. The molecule has 0 atom stereocenters. The van der Waals surface area contributed by atoms with E-state index in [4.69, 9.17) is 4.74 Å². The van der Waals surface area contributed by atoms with Gasteiger partial charge in [0, 0.05) is 6.54 Å². The van der Waals surface area contributed by atoms with E-state index in [1.807, 2.05) is 31.2 Å². The lowest BCUT2D eigenvalue weighted by Crippen LogP contribution is -2.53. The number of benzene rings is 1. The van der Waals surface area contributed by atoms with Crippen LogP contribution in [0.2, 0.25) is 0 Å². The molecule has 23 heavy (non-hydrogen) atoms.